The molecule has 26 heavy (non-hydrogen) atoms. The Morgan fingerprint density at radius 3 is 2.46 bits per heavy atom. The van der Waals surface area contributed by atoms with Crippen LogP contribution in [0, 0.1) is 0 Å². The predicted molar refractivity (Wildman–Crippen MR) is 107 cm³/mol. The lowest BCUT2D eigenvalue weighted by Gasteiger charge is -2.12. The van der Waals surface area contributed by atoms with Crippen molar-refractivity contribution in [2.75, 3.05) is 0 Å². The zero-order valence-corrected chi connectivity index (χ0v) is 14.9. The van der Waals surface area contributed by atoms with Crippen LogP contribution in [0.3, 0.4) is 0 Å². The summed E-state index contributed by atoms with van der Waals surface area (Å²) < 4.78 is 2.05. The van der Waals surface area contributed by atoms with E-state index in [2.05, 4.69) is 35.0 Å². The molecule has 0 amide bonds. The van der Waals surface area contributed by atoms with Gasteiger partial charge >= 0.3 is 0 Å². The molecule has 2 heterocycles. The summed E-state index contributed by atoms with van der Waals surface area (Å²) in [5.74, 6) is 0.793. The quantitative estimate of drug-likeness (QED) is 0.763. The largest absolute Gasteiger partial charge is 0.387 e. The van der Waals surface area contributed by atoms with Crippen LogP contribution in [0.15, 0.2) is 71.7 Å². The van der Waals surface area contributed by atoms with Crippen molar-refractivity contribution in [1.29, 1.82) is 0 Å². The van der Waals surface area contributed by atoms with Crippen LogP contribution in [0.25, 0.3) is 16.9 Å². The summed E-state index contributed by atoms with van der Waals surface area (Å²) in [6.45, 7) is 0. The van der Waals surface area contributed by atoms with Crippen LogP contribution in [0.1, 0.15) is 31.4 Å². The Bertz CT molecular complexity index is 881. The van der Waals surface area contributed by atoms with E-state index < -0.39 is 0 Å². The molecule has 3 aromatic rings. The molecule has 4 rings (SSSR count). The van der Waals surface area contributed by atoms with Crippen LogP contribution in [-0.4, -0.2) is 21.7 Å². The lowest BCUT2D eigenvalue weighted by Crippen LogP contribution is -2.17. The molecule has 2 aromatic carbocycles. The average Bonchev–Trinajstić information content (AvgIpc) is 2.99. The van der Waals surface area contributed by atoms with Gasteiger partial charge < -0.3 is 5.73 Å². The van der Waals surface area contributed by atoms with E-state index in [0.29, 0.717) is 0 Å². The van der Waals surface area contributed by atoms with Gasteiger partial charge in [-0.1, -0.05) is 55.0 Å². The van der Waals surface area contributed by atoms with Crippen LogP contribution in [0.4, 0.5) is 0 Å². The number of aromatic nitrogens is 2. The number of aliphatic imine (C=N–C) groups is 1. The van der Waals surface area contributed by atoms with Gasteiger partial charge in [-0.15, -0.1) is 0 Å². The number of nitrogens with two attached hydrogens (primary N) is 1. The molecule has 0 radical (unpaired) electrons. The zero-order chi connectivity index (χ0) is 17.8. The number of para-hydroxylation sites is 1. The molecule has 1 atom stereocenters. The number of nitrogens with zero attached hydrogens (tertiary/aromatic N) is 3. The van der Waals surface area contributed by atoms with E-state index in [1.165, 1.54) is 12.1 Å². The second kappa shape index (κ2) is 7.56. The van der Waals surface area contributed by atoms with Gasteiger partial charge in [-0.2, -0.15) is 5.10 Å². The SMILES string of the molecule is NC1=NC(Cc2cc(-c3ccccc3)nn2-c2ccccc2)CCCC1. The summed E-state index contributed by atoms with van der Waals surface area (Å²) in [6.07, 6.45) is 5.18. The number of hydrogen-bond acceptors (Lipinski definition) is 3. The van der Waals surface area contributed by atoms with Crippen LogP contribution in [0.5, 0.6) is 0 Å². The Balaban J connectivity index is 1.72. The minimum absolute atomic E-state index is 0.236. The fourth-order valence-electron chi connectivity index (χ4n) is 3.55. The fourth-order valence-corrected chi connectivity index (χ4v) is 3.55. The van der Waals surface area contributed by atoms with Crippen molar-refractivity contribution in [3.63, 3.8) is 0 Å². The van der Waals surface area contributed by atoms with Gasteiger partial charge in [0.05, 0.1) is 23.3 Å². The smallest absolute Gasteiger partial charge is 0.0940 e. The monoisotopic (exact) mass is 344 g/mol. The van der Waals surface area contributed by atoms with Gasteiger partial charge in [0.2, 0.25) is 0 Å². The highest BCUT2D eigenvalue weighted by Crippen LogP contribution is 2.24. The topological polar surface area (TPSA) is 56.2 Å². The first kappa shape index (κ1) is 16.6. The van der Waals surface area contributed by atoms with Crippen LogP contribution < -0.4 is 5.73 Å². The van der Waals surface area contributed by atoms with Gasteiger partial charge in [0.1, 0.15) is 0 Å². The average molecular weight is 344 g/mol. The maximum Gasteiger partial charge on any atom is 0.0940 e. The summed E-state index contributed by atoms with van der Waals surface area (Å²) in [4.78, 5) is 4.74. The molecular weight excluding hydrogens is 320 g/mol. The third-order valence-electron chi connectivity index (χ3n) is 4.87. The van der Waals surface area contributed by atoms with E-state index in [1.54, 1.807) is 0 Å². The third kappa shape index (κ3) is 3.69. The van der Waals surface area contributed by atoms with Crippen molar-refractivity contribution in [3.8, 4) is 16.9 Å². The molecule has 0 bridgehead atoms. The Morgan fingerprint density at radius 2 is 1.69 bits per heavy atom. The molecule has 0 spiro atoms. The number of amidine groups is 1. The molecule has 1 aromatic heterocycles. The minimum Gasteiger partial charge on any atom is -0.387 e. The van der Waals surface area contributed by atoms with Gasteiger partial charge in [0, 0.05) is 24.1 Å². The maximum absolute atomic E-state index is 6.05. The summed E-state index contributed by atoms with van der Waals surface area (Å²) in [6, 6.07) is 23.1. The lowest BCUT2D eigenvalue weighted by atomic mass is 10.0. The van der Waals surface area contributed by atoms with Crippen LogP contribution in [-0.2, 0) is 6.42 Å². The summed E-state index contributed by atoms with van der Waals surface area (Å²) >= 11 is 0. The van der Waals surface area contributed by atoms with Gasteiger partial charge in [0.25, 0.3) is 0 Å². The molecule has 0 saturated carbocycles. The van der Waals surface area contributed by atoms with E-state index in [0.717, 1.165) is 48.5 Å². The highest BCUT2D eigenvalue weighted by atomic mass is 15.3. The molecule has 4 nitrogen and oxygen atoms in total. The Kier molecular flexibility index (Phi) is 4.82. The second-order valence-corrected chi connectivity index (χ2v) is 6.86. The fraction of sp³-hybridized carbons (Fsp3) is 0.273. The number of rotatable bonds is 4. The lowest BCUT2D eigenvalue weighted by molar-refractivity contribution is 0.573. The van der Waals surface area contributed by atoms with Crippen molar-refractivity contribution in [2.24, 2.45) is 10.7 Å². The van der Waals surface area contributed by atoms with E-state index in [9.17, 15) is 0 Å². The summed E-state index contributed by atoms with van der Waals surface area (Å²) in [7, 11) is 0. The predicted octanol–water partition coefficient (Wildman–Crippen LogP) is 4.38. The van der Waals surface area contributed by atoms with Crippen molar-refractivity contribution < 1.29 is 0 Å². The summed E-state index contributed by atoms with van der Waals surface area (Å²) in [5.41, 5.74) is 10.4. The van der Waals surface area contributed by atoms with Crippen molar-refractivity contribution in [1.82, 2.24) is 9.78 Å². The van der Waals surface area contributed by atoms with E-state index in [4.69, 9.17) is 15.8 Å². The molecule has 0 saturated heterocycles. The number of benzene rings is 2. The minimum atomic E-state index is 0.236. The molecular formula is C22H24N4. The Labute approximate surface area is 154 Å². The van der Waals surface area contributed by atoms with Gasteiger partial charge in [0.15, 0.2) is 0 Å². The van der Waals surface area contributed by atoms with Crippen LogP contribution >= 0.6 is 0 Å². The first-order valence-electron chi connectivity index (χ1n) is 9.31. The van der Waals surface area contributed by atoms with Crippen molar-refractivity contribution in [3.05, 3.63) is 72.4 Å². The van der Waals surface area contributed by atoms with Crippen LogP contribution in [0.2, 0.25) is 0 Å². The normalized spacial score (nSPS) is 17.5. The molecule has 2 N–H and O–H groups in total. The Hall–Kier alpha value is -2.88. The highest BCUT2D eigenvalue weighted by molar-refractivity contribution is 5.80. The first-order valence-corrected chi connectivity index (χ1v) is 9.31. The summed E-state index contributed by atoms with van der Waals surface area (Å²) in [5, 5.41) is 4.90. The standard InChI is InChI=1S/C22H24N4/c23-22-14-8-7-11-18(24-22)15-20-16-21(17-9-3-1-4-10-17)25-26(20)19-12-5-2-6-13-19/h1-6,9-10,12-13,16,18H,7-8,11,14-15H2,(H2,23,24). The molecule has 4 heteroatoms. The van der Waals surface area contributed by atoms with Crippen molar-refractivity contribution >= 4 is 5.84 Å². The maximum atomic E-state index is 6.05. The van der Waals surface area contributed by atoms with E-state index in [-0.39, 0.29) is 6.04 Å². The van der Waals surface area contributed by atoms with E-state index in [1.807, 2.05) is 36.4 Å². The first-order chi connectivity index (χ1) is 12.8. The molecule has 1 aliphatic rings. The molecule has 1 unspecified atom stereocenters. The molecule has 132 valence electrons. The Morgan fingerprint density at radius 1 is 0.962 bits per heavy atom. The molecule has 0 aliphatic carbocycles. The molecule has 0 fully saturated rings. The van der Waals surface area contributed by atoms with Crippen molar-refractivity contribution in [2.45, 2.75) is 38.1 Å². The van der Waals surface area contributed by atoms with Gasteiger partial charge in [-0.05, 0) is 31.0 Å². The zero-order valence-electron chi connectivity index (χ0n) is 14.9. The van der Waals surface area contributed by atoms with E-state index >= 15 is 0 Å². The number of hydrogen-bond donors (Lipinski definition) is 1. The highest BCUT2D eigenvalue weighted by Gasteiger charge is 2.18. The molecule has 1 aliphatic heterocycles. The second-order valence-electron chi connectivity index (χ2n) is 6.86. The van der Waals surface area contributed by atoms with Gasteiger partial charge in [-0.25, -0.2) is 4.68 Å². The van der Waals surface area contributed by atoms with Gasteiger partial charge in [-0.3, -0.25) is 4.99 Å². The third-order valence-corrected chi connectivity index (χ3v) is 4.87.